The highest BCUT2D eigenvalue weighted by Gasteiger charge is 2.29. The molecule has 1 aromatic heterocycles. The Bertz CT molecular complexity index is 379. The summed E-state index contributed by atoms with van der Waals surface area (Å²) in [5.74, 6) is 0.982. The SMILES string of the molecule is CCNc1ncnc(NC(CO)(CO)CO)c1Br. The number of nitrogens with one attached hydrogen (secondary N) is 2. The van der Waals surface area contributed by atoms with Crippen molar-refractivity contribution in [2.24, 2.45) is 0 Å². The summed E-state index contributed by atoms with van der Waals surface area (Å²) < 4.78 is 0.576. The Morgan fingerprint density at radius 2 is 1.72 bits per heavy atom. The van der Waals surface area contributed by atoms with Gasteiger partial charge in [-0.05, 0) is 22.9 Å². The average Bonchev–Trinajstić information content (AvgIpc) is 2.41. The van der Waals surface area contributed by atoms with E-state index >= 15 is 0 Å². The molecule has 8 heteroatoms. The van der Waals surface area contributed by atoms with E-state index < -0.39 is 25.4 Å². The highest BCUT2D eigenvalue weighted by Crippen LogP contribution is 2.28. The third-order valence-corrected chi connectivity index (χ3v) is 3.18. The molecular weight excluding hydrogens is 304 g/mol. The summed E-state index contributed by atoms with van der Waals surface area (Å²) in [7, 11) is 0. The molecule has 0 bridgehead atoms. The standard InChI is InChI=1S/C10H17BrN4O3/c1-2-12-8-7(11)9(14-6-13-8)15-10(3-16,4-17)5-18/h6,16-18H,2-5H2,1H3,(H2,12,13,14,15). The predicted molar refractivity (Wildman–Crippen MR) is 71.5 cm³/mol. The number of aliphatic hydroxyl groups excluding tert-OH is 3. The Kier molecular flexibility index (Phi) is 5.73. The lowest BCUT2D eigenvalue weighted by molar-refractivity contribution is 0.0830. The van der Waals surface area contributed by atoms with Gasteiger partial charge in [0.15, 0.2) is 0 Å². The molecule has 1 aromatic rings. The Balaban J connectivity index is 2.99. The van der Waals surface area contributed by atoms with E-state index in [9.17, 15) is 15.3 Å². The molecule has 18 heavy (non-hydrogen) atoms. The summed E-state index contributed by atoms with van der Waals surface area (Å²) in [5, 5.41) is 33.6. The van der Waals surface area contributed by atoms with Crippen LogP contribution in [0.1, 0.15) is 6.92 Å². The van der Waals surface area contributed by atoms with E-state index in [0.29, 0.717) is 22.7 Å². The van der Waals surface area contributed by atoms with Gasteiger partial charge in [-0.1, -0.05) is 0 Å². The lowest BCUT2D eigenvalue weighted by Crippen LogP contribution is -2.49. The molecule has 0 unspecified atom stereocenters. The number of anilines is 2. The van der Waals surface area contributed by atoms with E-state index in [1.165, 1.54) is 6.33 Å². The van der Waals surface area contributed by atoms with Crippen molar-refractivity contribution in [1.82, 2.24) is 9.97 Å². The van der Waals surface area contributed by atoms with Gasteiger partial charge in [-0.3, -0.25) is 0 Å². The third-order valence-electron chi connectivity index (χ3n) is 2.43. The first kappa shape index (κ1) is 15.1. The fourth-order valence-corrected chi connectivity index (χ4v) is 1.71. The monoisotopic (exact) mass is 320 g/mol. The molecular formula is C10H17BrN4O3. The molecule has 7 nitrogen and oxygen atoms in total. The zero-order valence-corrected chi connectivity index (χ0v) is 11.6. The Morgan fingerprint density at radius 1 is 1.17 bits per heavy atom. The van der Waals surface area contributed by atoms with Crippen LogP contribution in [0, 0.1) is 0 Å². The molecule has 0 radical (unpaired) electrons. The number of hydrogen-bond donors (Lipinski definition) is 5. The Labute approximate surface area is 113 Å². The van der Waals surface area contributed by atoms with Crippen LogP contribution in [0.3, 0.4) is 0 Å². The van der Waals surface area contributed by atoms with Gasteiger partial charge in [0, 0.05) is 6.54 Å². The van der Waals surface area contributed by atoms with Gasteiger partial charge in [0.25, 0.3) is 0 Å². The molecule has 0 amide bonds. The second kappa shape index (κ2) is 6.83. The molecule has 5 N–H and O–H groups in total. The fourth-order valence-electron chi connectivity index (χ4n) is 1.27. The van der Waals surface area contributed by atoms with Crippen molar-refractivity contribution in [3.63, 3.8) is 0 Å². The third kappa shape index (κ3) is 3.29. The summed E-state index contributed by atoms with van der Waals surface area (Å²) in [4.78, 5) is 8.05. The highest BCUT2D eigenvalue weighted by molar-refractivity contribution is 9.10. The van der Waals surface area contributed by atoms with E-state index in [2.05, 4.69) is 36.5 Å². The van der Waals surface area contributed by atoms with Gasteiger partial charge in [0.2, 0.25) is 0 Å². The van der Waals surface area contributed by atoms with Gasteiger partial charge in [0.05, 0.1) is 19.8 Å². The van der Waals surface area contributed by atoms with Crippen molar-refractivity contribution in [1.29, 1.82) is 0 Å². The molecule has 0 saturated carbocycles. The molecule has 1 heterocycles. The number of aromatic nitrogens is 2. The molecule has 0 saturated heterocycles. The molecule has 0 aromatic carbocycles. The van der Waals surface area contributed by atoms with Gasteiger partial charge in [-0.25, -0.2) is 9.97 Å². The minimum atomic E-state index is -1.22. The maximum absolute atomic E-state index is 9.24. The van der Waals surface area contributed by atoms with Gasteiger partial charge >= 0.3 is 0 Å². The van der Waals surface area contributed by atoms with Crippen LogP contribution in [0.25, 0.3) is 0 Å². The van der Waals surface area contributed by atoms with Crippen molar-refractivity contribution >= 4 is 27.6 Å². The zero-order valence-electron chi connectivity index (χ0n) is 10.0. The summed E-state index contributed by atoms with van der Waals surface area (Å²) in [6, 6.07) is 0. The summed E-state index contributed by atoms with van der Waals surface area (Å²) >= 11 is 3.33. The largest absolute Gasteiger partial charge is 0.394 e. The molecule has 0 aliphatic rings. The number of aliphatic hydroxyl groups is 3. The molecule has 0 atom stereocenters. The minimum absolute atomic E-state index is 0.387. The number of nitrogens with zero attached hydrogens (tertiary/aromatic N) is 2. The summed E-state index contributed by atoms with van der Waals surface area (Å²) in [5.41, 5.74) is -1.22. The lowest BCUT2D eigenvalue weighted by Gasteiger charge is -2.29. The number of halogens is 1. The minimum Gasteiger partial charge on any atom is -0.394 e. The molecule has 0 fully saturated rings. The van der Waals surface area contributed by atoms with Crippen LogP contribution in [-0.4, -0.2) is 57.2 Å². The predicted octanol–water partition coefficient (Wildman–Crippen LogP) is -0.201. The van der Waals surface area contributed by atoms with Gasteiger partial charge < -0.3 is 26.0 Å². The Morgan fingerprint density at radius 3 is 2.22 bits per heavy atom. The maximum atomic E-state index is 9.24. The van der Waals surface area contributed by atoms with Crippen LogP contribution in [0.2, 0.25) is 0 Å². The smallest absolute Gasteiger partial charge is 0.146 e. The second-order valence-corrected chi connectivity index (χ2v) is 4.59. The fraction of sp³-hybridized carbons (Fsp3) is 0.600. The van der Waals surface area contributed by atoms with Crippen LogP contribution in [0.15, 0.2) is 10.8 Å². The van der Waals surface area contributed by atoms with Crippen molar-refractivity contribution in [3.05, 3.63) is 10.8 Å². The average molecular weight is 321 g/mol. The molecule has 0 aliphatic heterocycles. The number of hydrogen-bond acceptors (Lipinski definition) is 7. The van der Waals surface area contributed by atoms with Crippen LogP contribution in [-0.2, 0) is 0 Å². The highest BCUT2D eigenvalue weighted by atomic mass is 79.9. The first-order chi connectivity index (χ1) is 8.62. The van der Waals surface area contributed by atoms with Crippen LogP contribution in [0.4, 0.5) is 11.6 Å². The lowest BCUT2D eigenvalue weighted by atomic mass is 10.0. The molecule has 0 aliphatic carbocycles. The maximum Gasteiger partial charge on any atom is 0.146 e. The summed E-state index contributed by atoms with van der Waals surface area (Å²) in [6.07, 6.45) is 1.35. The molecule has 0 spiro atoms. The Hall–Kier alpha value is -0.960. The van der Waals surface area contributed by atoms with Crippen molar-refractivity contribution in [3.8, 4) is 0 Å². The van der Waals surface area contributed by atoms with Gasteiger partial charge in [-0.2, -0.15) is 0 Å². The van der Waals surface area contributed by atoms with E-state index in [0.717, 1.165) is 0 Å². The summed E-state index contributed by atoms with van der Waals surface area (Å²) in [6.45, 7) is 1.36. The quantitative estimate of drug-likeness (QED) is 0.473. The normalized spacial score (nSPS) is 11.4. The van der Waals surface area contributed by atoms with E-state index in [1.54, 1.807) is 0 Å². The molecule has 102 valence electrons. The molecule has 1 rings (SSSR count). The van der Waals surface area contributed by atoms with Crippen LogP contribution >= 0.6 is 15.9 Å². The van der Waals surface area contributed by atoms with Crippen molar-refractivity contribution in [2.45, 2.75) is 12.5 Å². The van der Waals surface area contributed by atoms with E-state index in [-0.39, 0.29) is 0 Å². The van der Waals surface area contributed by atoms with E-state index in [4.69, 9.17) is 0 Å². The first-order valence-electron chi connectivity index (χ1n) is 5.47. The number of rotatable bonds is 7. The van der Waals surface area contributed by atoms with Crippen LogP contribution < -0.4 is 10.6 Å². The zero-order chi connectivity index (χ0) is 13.6. The van der Waals surface area contributed by atoms with E-state index in [1.807, 2.05) is 6.92 Å². The van der Waals surface area contributed by atoms with Crippen molar-refractivity contribution < 1.29 is 15.3 Å². The topological polar surface area (TPSA) is 111 Å². The van der Waals surface area contributed by atoms with Gasteiger partial charge in [-0.15, -0.1) is 0 Å². The van der Waals surface area contributed by atoms with Crippen LogP contribution in [0.5, 0.6) is 0 Å². The van der Waals surface area contributed by atoms with Crippen molar-refractivity contribution in [2.75, 3.05) is 37.0 Å². The second-order valence-electron chi connectivity index (χ2n) is 3.79. The first-order valence-corrected chi connectivity index (χ1v) is 6.27. The van der Waals surface area contributed by atoms with Gasteiger partial charge in [0.1, 0.15) is 28.0 Å².